The number of nitrogens with one attached hydrogen (secondary N) is 2. The Morgan fingerprint density at radius 3 is 2.44 bits per heavy atom. The summed E-state index contributed by atoms with van der Waals surface area (Å²) in [6.45, 7) is 0.753. The average Bonchev–Trinajstić information content (AvgIpc) is 3.32. The van der Waals surface area contributed by atoms with Gasteiger partial charge in [-0.2, -0.15) is 0 Å². The van der Waals surface area contributed by atoms with Gasteiger partial charge in [-0.25, -0.2) is 0 Å². The largest absolute Gasteiger partial charge is 0.459 e. The van der Waals surface area contributed by atoms with Gasteiger partial charge in [0.05, 0.1) is 6.26 Å². The van der Waals surface area contributed by atoms with Crippen LogP contribution in [0.1, 0.15) is 21.1 Å². The molecule has 0 unspecified atom stereocenters. The monoisotopic (exact) mass is 339 g/mol. The molecule has 0 aliphatic rings. The molecule has 0 saturated carbocycles. The molecule has 0 spiro atoms. The van der Waals surface area contributed by atoms with E-state index in [4.69, 9.17) is 14.6 Å². The molecule has 0 aliphatic carbocycles. The summed E-state index contributed by atoms with van der Waals surface area (Å²) < 4.78 is 10.6. The van der Waals surface area contributed by atoms with Crippen LogP contribution in [0.4, 0.5) is 5.69 Å². The first kappa shape index (κ1) is 16.5. The zero-order valence-corrected chi connectivity index (χ0v) is 13.3. The maximum atomic E-state index is 11.9. The maximum Gasteiger partial charge on any atom is 0.291 e. The number of amides is 2. The Bertz CT molecular complexity index is 851. The van der Waals surface area contributed by atoms with Gasteiger partial charge in [-0.15, -0.1) is 0 Å². The lowest BCUT2D eigenvalue weighted by Crippen LogP contribution is -2.28. The normalized spacial score (nSPS) is 10.4. The minimum atomic E-state index is -0.324. The van der Waals surface area contributed by atoms with Crippen molar-refractivity contribution in [2.24, 2.45) is 5.73 Å². The molecule has 25 heavy (non-hydrogen) atoms. The zero-order valence-electron chi connectivity index (χ0n) is 13.3. The topological polar surface area (TPSA) is 110 Å². The second-order valence-corrected chi connectivity index (χ2v) is 5.22. The van der Waals surface area contributed by atoms with E-state index < -0.39 is 0 Å². The number of benzene rings is 1. The molecule has 0 aliphatic heterocycles. The molecule has 2 amide bonds. The van der Waals surface area contributed by atoms with Gasteiger partial charge in [0.2, 0.25) is 0 Å². The Morgan fingerprint density at radius 1 is 0.960 bits per heavy atom. The Labute approximate surface area is 143 Å². The van der Waals surface area contributed by atoms with Gasteiger partial charge in [-0.1, -0.05) is 0 Å². The number of nitrogens with two attached hydrogens (primary N) is 1. The van der Waals surface area contributed by atoms with E-state index in [9.17, 15) is 9.59 Å². The van der Waals surface area contributed by atoms with E-state index in [1.165, 1.54) is 6.26 Å². The van der Waals surface area contributed by atoms with Crippen LogP contribution in [0.3, 0.4) is 0 Å². The second kappa shape index (κ2) is 7.50. The molecular formula is C18H17N3O4. The Hall–Kier alpha value is -3.32. The molecule has 0 fully saturated rings. The average molecular weight is 339 g/mol. The van der Waals surface area contributed by atoms with E-state index >= 15 is 0 Å². The van der Waals surface area contributed by atoms with Crippen LogP contribution in [0.25, 0.3) is 11.3 Å². The van der Waals surface area contributed by atoms with Gasteiger partial charge >= 0.3 is 0 Å². The number of carbonyl (C=O) groups excluding carboxylic acids is 2. The smallest absolute Gasteiger partial charge is 0.291 e. The molecule has 3 aromatic rings. The van der Waals surface area contributed by atoms with Crippen LogP contribution in [-0.2, 0) is 0 Å². The third-order valence-electron chi connectivity index (χ3n) is 3.43. The fraction of sp³-hybridized carbons (Fsp3) is 0.111. The second-order valence-electron chi connectivity index (χ2n) is 5.22. The van der Waals surface area contributed by atoms with Crippen molar-refractivity contribution < 1.29 is 18.4 Å². The molecule has 3 rings (SSSR count). The molecule has 2 heterocycles. The predicted molar refractivity (Wildman–Crippen MR) is 92.2 cm³/mol. The summed E-state index contributed by atoms with van der Waals surface area (Å²) in [4.78, 5) is 23.7. The quantitative estimate of drug-likeness (QED) is 0.639. The molecule has 0 saturated heterocycles. The molecular weight excluding hydrogens is 322 g/mol. The molecule has 128 valence electrons. The van der Waals surface area contributed by atoms with Crippen molar-refractivity contribution in [1.82, 2.24) is 5.32 Å². The first-order chi connectivity index (χ1) is 12.2. The summed E-state index contributed by atoms with van der Waals surface area (Å²) in [6, 6.07) is 13.6. The highest BCUT2D eigenvalue weighted by Crippen LogP contribution is 2.24. The third kappa shape index (κ3) is 3.96. The number of hydrogen-bond donors (Lipinski definition) is 3. The van der Waals surface area contributed by atoms with Gasteiger partial charge in [0.25, 0.3) is 11.8 Å². The van der Waals surface area contributed by atoms with E-state index in [1.807, 2.05) is 0 Å². The fourth-order valence-electron chi connectivity index (χ4n) is 2.21. The first-order valence-corrected chi connectivity index (χ1v) is 7.71. The molecule has 2 aromatic heterocycles. The number of furan rings is 2. The van der Waals surface area contributed by atoms with Crippen molar-refractivity contribution in [3.63, 3.8) is 0 Å². The summed E-state index contributed by atoms with van der Waals surface area (Å²) in [5, 5.41) is 5.37. The molecule has 0 bridgehead atoms. The van der Waals surface area contributed by atoms with Crippen LogP contribution in [0, 0.1) is 0 Å². The Morgan fingerprint density at radius 2 is 1.76 bits per heavy atom. The molecule has 0 radical (unpaired) electrons. The maximum absolute atomic E-state index is 11.9. The van der Waals surface area contributed by atoms with Gasteiger partial charge in [0, 0.05) is 24.3 Å². The highest BCUT2D eigenvalue weighted by Gasteiger charge is 2.12. The lowest BCUT2D eigenvalue weighted by atomic mass is 10.1. The number of hydrogen-bond acceptors (Lipinski definition) is 5. The van der Waals surface area contributed by atoms with Crippen LogP contribution in [0.15, 0.2) is 63.6 Å². The summed E-state index contributed by atoms with van der Waals surface area (Å²) in [7, 11) is 0. The molecule has 7 heteroatoms. The van der Waals surface area contributed by atoms with Gasteiger partial charge in [0.1, 0.15) is 5.76 Å². The Kier molecular flexibility index (Phi) is 4.96. The summed E-state index contributed by atoms with van der Waals surface area (Å²) >= 11 is 0. The first-order valence-electron chi connectivity index (χ1n) is 7.71. The highest BCUT2D eigenvalue weighted by atomic mass is 16.4. The third-order valence-corrected chi connectivity index (χ3v) is 3.43. The van der Waals surface area contributed by atoms with E-state index in [1.54, 1.807) is 48.5 Å². The van der Waals surface area contributed by atoms with E-state index in [-0.39, 0.29) is 23.3 Å². The van der Waals surface area contributed by atoms with E-state index in [0.717, 1.165) is 5.56 Å². The van der Waals surface area contributed by atoms with Crippen LogP contribution in [-0.4, -0.2) is 24.9 Å². The molecule has 7 nitrogen and oxygen atoms in total. The van der Waals surface area contributed by atoms with E-state index in [2.05, 4.69) is 10.6 Å². The van der Waals surface area contributed by atoms with Crippen LogP contribution >= 0.6 is 0 Å². The molecule has 4 N–H and O–H groups in total. The van der Waals surface area contributed by atoms with Gasteiger partial charge < -0.3 is 25.2 Å². The standard InChI is InChI=1S/C18H17N3O4/c19-9-10-20-17(22)16-8-7-14(25-16)12-3-5-13(6-4-12)21-18(23)15-2-1-11-24-15/h1-8,11H,9-10,19H2,(H,20,22)(H,21,23). The number of anilines is 1. The minimum Gasteiger partial charge on any atom is -0.459 e. The van der Waals surface area contributed by atoms with Crippen molar-refractivity contribution in [3.8, 4) is 11.3 Å². The van der Waals surface area contributed by atoms with Crippen molar-refractivity contribution in [2.75, 3.05) is 18.4 Å². The molecule has 0 atom stereocenters. The van der Waals surface area contributed by atoms with Crippen molar-refractivity contribution in [3.05, 3.63) is 66.3 Å². The van der Waals surface area contributed by atoms with Crippen LogP contribution in [0.2, 0.25) is 0 Å². The SMILES string of the molecule is NCCNC(=O)c1ccc(-c2ccc(NC(=O)c3ccco3)cc2)o1. The highest BCUT2D eigenvalue weighted by molar-refractivity contribution is 6.02. The number of rotatable bonds is 6. The summed E-state index contributed by atoms with van der Waals surface area (Å²) in [5.74, 6) is 0.386. The van der Waals surface area contributed by atoms with Gasteiger partial charge in [-0.05, 0) is 48.5 Å². The Balaban J connectivity index is 1.67. The summed E-state index contributed by atoms with van der Waals surface area (Å²) in [6.07, 6.45) is 1.44. The molecule has 1 aromatic carbocycles. The van der Waals surface area contributed by atoms with Crippen LogP contribution in [0.5, 0.6) is 0 Å². The summed E-state index contributed by atoms with van der Waals surface area (Å²) in [5.41, 5.74) is 6.76. The van der Waals surface area contributed by atoms with E-state index in [0.29, 0.717) is 24.5 Å². The van der Waals surface area contributed by atoms with Crippen molar-refractivity contribution in [1.29, 1.82) is 0 Å². The van der Waals surface area contributed by atoms with Crippen molar-refractivity contribution >= 4 is 17.5 Å². The fourth-order valence-corrected chi connectivity index (χ4v) is 2.21. The lowest BCUT2D eigenvalue weighted by Gasteiger charge is -2.04. The van der Waals surface area contributed by atoms with Crippen LogP contribution < -0.4 is 16.4 Å². The minimum absolute atomic E-state index is 0.221. The van der Waals surface area contributed by atoms with Gasteiger partial charge in [0.15, 0.2) is 11.5 Å². The number of carbonyl (C=O) groups is 2. The zero-order chi connectivity index (χ0) is 17.6. The predicted octanol–water partition coefficient (Wildman–Crippen LogP) is 2.48. The van der Waals surface area contributed by atoms with Gasteiger partial charge in [-0.3, -0.25) is 9.59 Å². The van der Waals surface area contributed by atoms with Crippen molar-refractivity contribution in [2.45, 2.75) is 0 Å². The lowest BCUT2D eigenvalue weighted by molar-refractivity contribution is 0.0927.